The van der Waals surface area contributed by atoms with Gasteiger partial charge in [0.05, 0.1) is 0 Å². The van der Waals surface area contributed by atoms with Gasteiger partial charge in [-0.15, -0.1) is 0 Å². The monoisotopic (exact) mass is 386 g/mol. The maximum Gasteiger partial charge on any atom is 0.291 e. The molecule has 122 valence electrons. The smallest absolute Gasteiger partial charge is 0.291 e. The highest BCUT2D eigenvalue weighted by Gasteiger charge is 2.11. The number of aromatic nitrogens is 2. The molecular weight excluding hydrogens is 372 g/mol. The fourth-order valence-corrected chi connectivity index (χ4v) is 2.52. The highest BCUT2D eigenvalue weighted by atomic mass is 79.9. The average Bonchev–Trinajstić information content (AvgIpc) is 2.93. The Bertz CT molecular complexity index is 872. The molecule has 0 unspecified atom stereocenters. The second-order valence-corrected chi connectivity index (χ2v) is 6.02. The molecule has 2 N–H and O–H groups in total. The van der Waals surface area contributed by atoms with Crippen molar-refractivity contribution in [2.45, 2.75) is 13.8 Å². The van der Waals surface area contributed by atoms with Crippen molar-refractivity contribution < 1.29 is 9.21 Å². The van der Waals surface area contributed by atoms with Crippen LogP contribution in [0.15, 0.2) is 51.6 Å². The van der Waals surface area contributed by atoms with E-state index in [1.54, 1.807) is 24.3 Å². The molecule has 1 amide bonds. The Morgan fingerprint density at radius 3 is 2.42 bits per heavy atom. The lowest BCUT2D eigenvalue weighted by molar-refractivity contribution is 0.0995. The van der Waals surface area contributed by atoms with Gasteiger partial charge >= 0.3 is 0 Å². The van der Waals surface area contributed by atoms with Gasteiger partial charge in [0.15, 0.2) is 10.4 Å². The fourth-order valence-electron chi connectivity index (χ4n) is 2.21. The van der Waals surface area contributed by atoms with E-state index < -0.39 is 0 Å². The van der Waals surface area contributed by atoms with Gasteiger partial charge in [0.2, 0.25) is 5.95 Å². The van der Waals surface area contributed by atoms with Crippen LogP contribution >= 0.6 is 15.9 Å². The van der Waals surface area contributed by atoms with Crippen molar-refractivity contribution in [2.75, 3.05) is 10.6 Å². The third-order valence-corrected chi connectivity index (χ3v) is 3.58. The largest absolute Gasteiger partial charge is 0.444 e. The number of benzene rings is 1. The Morgan fingerprint density at radius 1 is 1.04 bits per heavy atom. The number of rotatable bonds is 4. The van der Waals surface area contributed by atoms with Crippen LogP contribution in [0.5, 0.6) is 0 Å². The van der Waals surface area contributed by atoms with E-state index >= 15 is 0 Å². The van der Waals surface area contributed by atoms with Crippen LogP contribution in [0.3, 0.4) is 0 Å². The van der Waals surface area contributed by atoms with Gasteiger partial charge in [-0.25, -0.2) is 9.97 Å². The summed E-state index contributed by atoms with van der Waals surface area (Å²) in [7, 11) is 0. The molecule has 2 heterocycles. The summed E-state index contributed by atoms with van der Waals surface area (Å²) in [5, 5.41) is 5.92. The number of amides is 1. The van der Waals surface area contributed by atoms with Crippen molar-refractivity contribution in [1.82, 2.24) is 9.97 Å². The third kappa shape index (κ3) is 3.99. The lowest BCUT2D eigenvalue weighted by Crippen LogP contribution is -2.11. The molecule has 0 bridgehead atoms. The Hall–Kier alpha value is -2.67. The molecule has 0 fully saturated rings. The molecule has 0 saturated heterocycles. The van der Waals surface area contributed by atoms with E-state index in [0.29, 0.717) is 16.3 Å². The molecule has 2 aromatic heterocycles. The topological polar surface area (TPSA) is 80.0 Å². The molecule has 0 saturated carbocycles. The van der Waals surface area contributed by atoms with E-state index in [-0.39, 0.29) is 11.7 Å². The summed E-state index contributed by atoms with van der Waals surface area (Å²) in [5.41, 5.74) is 3.19. The van der Waals surface area contributed by atoms with Gasteiger partial charge < -0.3 is 15.1 Å². The molecule has 0 aliphatic rings. The molecule has 0 radical (unpaired) electrons. The van der Waals surface area contributed by atoms with Crippen molar-refractivity contribution in [3.63, 3.8) is 0 Å². The SMILES string of the molecule is Cc1cc(C)nc(Nc2cccc(NC(=O)c3ccc(Br)o3)c2)n1. The van der Waals surface area contributed by atoms with Gasteiger partial charge in [-0.05, 0) is 66.2 Å². The number of nitrogens with zero attached hydrogens (tertiary/aromatic N) is 2. The maximum atomic E-state index is 12.1. The highest BCUT2D eigenvalue weighted by molar-refractivity contribution is 9.10. The number of carbonyl (C=O) groups excluding carboxylic acids is 1. The van der Waals surface area contributed by atoms with Crippen LogP contribution in [0.4, 0.5) is 17.3 Å². The first-order chi connectivity index (χ1) is 11.5. The Balaban J connectivity index is 1.75. The minimum atomic E-state index is -0.319. The predicted octanol–water partition coefficient (Wildman–Crippen LogP) is 4.44. The van der Waals surface area contributed by atoms with Gasteiger partial charge in [-0.1, -0.05) is 6.07 Å². The number of halogens is 1. The first kappa shape index (κ1) is 16.2. The quantitative estimate of drug-likeness (QED) is 0.692. The number of hydrogen-bond acceptors (Lipinski definition) is 5. The standard InChI is InChI=1S/C17H15BrN4O2/c1-10-8-11(2)20-17(19-10)22-13-5-3-4-12(9-13)21-16(23)14-6-7-15(18)24-14/h3-9H,1-2H3,(H,21,23)(H,19,20,22). The molecule has 3 rings (SSSR count). The summed E-state index contributed by atoms with van der Waals surface area (Å²) in [6.07, 6.45) is 0. The molecule has 24 heavy (non-hydrogen) atoms. The molecule has 7 heteroatoms. The van der Waals surface area contributed by atoms with Crippen LogP contribution in [0.2, 0.25) is 0 Å². The molecule has 0 aliphatic heterocycles. The summed E-state index contributed by atoms with van der Waals surface area (Å²) in [6.45, 7) is 3.83. The van der Waals surface area contributed by atoms with Gasteiger partial charge in [-0.2, -0.15) is 0 Å². The zero-order valence-corrected chi connectivity index (χ0v) is 14.7. The van der Waals surface area contributed by atoms with Crippen molar-refractivity contribution in [3.05, 3.63) is 64.3 Å². The predicted molar refractivity (Wildman–Crippen MR) is 95.6 cm³/mol. The lowest BCUT2D eigenvalue weighted by atomic mass is 10.2. The van der Waals surface area contributed by atoms with Gasteiger partial charge in [0.25, 0.3) is 5.91 Å². The number of nitrogens with one attached hydrogen (secondary N) is 2. The van der Waals surface area contributed by atoms with Crippen LogP contribution in [0, 0.1) is 13.8 Å². The summed E-state index contributed by atoms with van der Waals surface area (Å²) in [4.78, 5) is 20.8. The van der Waals surface area contributed by atoms with Crippen LogP contribution in [0.25, 0.3) is 0 Å². The molecule has 6 nitrogen and oxygen atoms in total. The second kappa shape index (κ2) is 6.84. The van der Waals surface area contributed by atoms with E-state index in [4.69, 9.17) is 4.42 Å². The van der Waals surface area contributed by atoms with Crippen molar-refractivity contribution in [2.24, 2.45) is 0 Å². The van der Waals surface area contributed by atoms with Gasteiger partial charge in [-0.3, -0.25) is 4.79 Å². The molecule has 1 aromatic carbocycles. The van der Waals surface area contributed by atoms with Gasteiger partial charge in [0.1, 0.15) is 0 Å². The summed E-state index contributed by atoms with van der Waals surface area (Å²) in [6, 6.07) is 12.5. The van der Waals surface area contributed by atoms with Crippen LogP contribution in [-0.4, -0.2) is 15.9 Å². The Kier molecular flexibility index (Phi) is 4.61. The average molecular weight is 387 g/mol. The zero-order chi connectivity index (χ0) is 17.1. The maximum absolute atomic E-state index is 12.1. The highest BCUT2D eigenvalue weighted by Crippen LogP contribution is 2.20. The van der Waals surface area contributed by atoms with E-state index in [2.05, 4.69) is 36.5 Å². The fraction of sp³-hybridized carbons (Fsp3) is 0.118. The third-order valence-electron chi connectivity index (χ3n) is 3.16. The van der Waals surface area contributed by atoms with E-state index in [1.165, 1.54) is 0 Å². The molecule has 0 spiro atoms. The first-order valence-electron chi connectivity index (χ1n) is 7.26. The molecular formula is C17H15BrN4O2. The van der Waals surface area contributed by atoms with Gasteiger partial charge in [0, 0.05) is 22.8 Å². The Labute approximate surface area is 147 Å². The van der Waals surface area contributed by atoms with Crippen LogP contribution in [-0.2, 0) is 0 Å². The van der Waals surface area contributed by atoms with Crippen LogP contribution < -0.4 is 10.6 Å². The zero-order valence-electron chi connectivity index (χ0n) is 13.1. The van der Waals surface area contributed by atoms with Crippen LogP contribution in [0.1, 0.15) is 21.9 Å². The summed E-state index contributed by atoms with van der Waals surface area (Å²) in [5.74, 6) is 0.435. The normalized spacial score (nSPS) is 10.5. The van der Waals surface area contributed by atoms with E-state index in [0.717, 1.165) is 17.1 Å². The van der Waals surface area contributed by atoms with Crippen molar-refractivity contribution in [1.29, 1.82) is 0 Å². The first-order valence-corrected chi connectivity index (χ1v) is 8.05. The molecule has 0 atom stereocenters. The Morgan fingerprint density at radius 2 is 1.75 bits per heavy atom. The molecule has 0 aliphatic carbocycles. The number of furan rings is 1. The molecule has 3 aromatic rings. The lowest BCUT2D eigenvalue weighted by Gasteiger charge is -2.09. The number of anilines is 3. The number of aryl methyl sites for hydroxylation is 2. The summed E-state index contributed by atoms with van der Waals surface area (Å²) < 4.78 is 5.75. The van der Waals surface area contributed by atoms with E-state index in [9.17, 15) is 4.79 Å². The number of hydrogen-bond donors (Lipinski definition) is 2. The minimum absolute atomic E-state index is 0.234. The summed E-state index contributed by atoms with van der Waals surface area (Å²) >= 11 is 3.18. The minimum Gasteiger partial charge on any atom is -0.444 e. The second-order valence-electron chi connectivity index (χ2n) is 5.24. The number of carbonyl (C=O) groups is 1. The van der Waals surface area contributed by atoms with Crippen molar-refractivity contribution in [3.8, 4) is 0 Å². The van der Waals surface area contributed by atoms with Crippen molar-refractivity contribution >= 4 is 39.2 Å². The van der Waals surface area contributed by atoms with E-state index in [1.807, 2.05) is 32.0 Å².